The molecule has 43 heavy (non-hydrogen) atoms. The number of hydrogen-bond donors (Lipinski definition) is 2. The first-order valence-corrected chi connectivity index (χ1v) is 14.6. The van der Waals surface area contributed by atoms with Gasteiger partial charge in [-0.3, -0.25) is 14.4 Å². The first-order chi connectivity index (χ1) is 20.9. The van der Waals surface area contributed by atoms with E-state index in [1.807, 2.05) is 11.0 Å². The maximum absolute atomic E-state index is 14.6. The predicted molar refractivity (Wildman–Crippen MR) is 156 cm³/mol. The van der Waals surface area contributed by atoms with Crippen LogP contribution >= 0.6 is 0 Å². The quantitative estimate of drug-likeness (QED) is 0.468. The number of benzene rings is 3. The second-order valence-electron chi connectivity index (χ2n) is 11.2. The topological polar surface area (TPSA) is 106 Å². The van der Waals surface area contributed by atoms with Crippen LogP contribution in [0.1, 0.15) is 41.6 Å². The third kappa shape index (κ3) is 6.43. The van der Waals surface area contributed by atoms with Gasteiger partial charge in [0.15, 0.2) is 6.61 Å². The highest BCUT2D eigenvalue weighted by Gasteiger charge is 2.38. The van der Waals surface area contributed by atoms with E-state index in [1.54, 1.807) is 49.6 Å². The molecule has 224 valence electrons. The summed E-state index contributed by atoms with van der Waals surface area (Å²) in [5.74, 6) is 0.232. The largest absolute Gasteiger partial charge is 0.496 e. The van der Waals surface area contributed by atoms with E-state index in [1.165, 1.54) is 12.1 Å². The van der Waals surface area contributed by atoms with Crippen LogP contribution in [-0.2, 0) is 16.1 Å². The van der Waals surface area contributed by atoms with Gasteiger partial charge in [0.25, 0.3) is 11.8 Å². The first kappa shape index (κ1) is 28.5. The third-order valence-corrected chi connectivity index (χ3v) is 8.32. The molecule has 10 heteroatoms. The zero-order chi connectivity index (χ0) is 29.9. The Morgan fingerprint density at radius 1 is 1.00 bits per heavy atom. The van der Waals surface area contributed by atoms with Crippen LogP contribution in [0.3, 0.4) is 0 Å². The molecule has 2 aliphatic heterocycles. The fourth-order valence-electron chi connectivity index (χ4n) is 5.77. The zero-order valence-electron chi connectivity index (χ0n) is 23.9. The summed E-state index contributed by atoms with van der Waals surface area (Å²) in [5.41, 5.74) is 2.33. The van der Waals surface area contributed by atoms with Gasteiger partial charge in [0.2, 0.25) is 5.91 Å². The molecule has 0 aromatic heterocycles. The standard InChI is InChI=1S/C33H34FN3O6/c1-41-29-9-8-23-15-27(29)22-6-3-7-25(14-22)42-19-31(38)35-17-20-12-24(34)16-26(13-20)43-30-10-11-37(18-28(30)36-32(23)39)33(40)21-4-2-5-21/h3,6-9,12-16,21,28,30H,2,4-5,10-11,17-19H2,1H3,(H,35,38)(H,36,39)/t28-,30-/m1/s1. The number of carbonyl (C=O) groups excluding carboxylic acids is 3. The molecule has 3 aromatic rings. The number of fused-ring (bicyclic) bond motifs is 8. The second kappa shape index (κ2) is 12.3. The van der Waals surface area contributed by atoms with E-state index in [0.29, 0.717) is 41.2 Å². The Morgan fingerprint density at radius 3 is 2.65 bits per heavy atom. The lowest BCUT2D eigenvalue weighted by molar-refractivity contribution is -0.140. The van der Waals surface area contributed by atoms with Gasteiger partial charge < -0.3 is 29.7 Å². The Kier molecular flexibility index (Phi) is 8.18. The fourth-order valence-corrected chi connectivity index (χ4v) is 5.77. The summed E-state index contributed by atoms with van der Waals surface area (Å²) >= 11 is 0. The van der Waals surface area contributed by atoms with Crippen LogP contribution < -0.4 is 24.8 Å². The van der Waals surface area contributed by atoms with Crippen molar-refractivity contribution in [2.45, 2.75) is 44.4 Å². The number of rotatable bonds is 2. The van der Waals surface area contributed by atoms with Gasteiger partial charge in [0.1, 0.15) is 29.2 Å². The first-order valence-electron chi connectivity index (χ1n) is 14.6. The van der Waals surface area contributed by atoms with E-state index < -0.39 is 18.0 Å². The molecule has 6 rings (SSSR count). The molecular weight excluding hydrogens is 553 g/mol. The lowest BCUT2D eigenvalue weighted by Crippen LogP contribution is -2.59. The average molecular weight is 588 g/mol. The molecule has 2 heterocycles. The minimum atomic E-state index is -0.541. The number of ether oxygens (including phenoxy) is 3. The predicted octanol–water partition coefficient (Wildman–Crippen LogP) is 4.09. The second-order valence-corrected chi connectivity index (χ2v) is 11.2. The summed E-state index contributed by atoms with van der Waals surface area (Å²) in [6.07, 6.45) is 2.77. The average Bonchev–Trinajstić information content (AvgIpc) is 2.98. The number of likely N-dealkylation sites (tertiary alicyclic amines) is 1. The Labute approximate surface area is 249 Å². The lowest BCUT2D eigenvalue weighted by atomic mass is 9.83. The summed E-state index contributed by atoms with van der Waals surface area (Å²) in [6.45, 7) is 0.607. The van der Waals surface area contributed by atoms with E-state index in [4.69, 9.17) is 14.2 Å². The monoisotopic (exact) mass is 587 g/mol. The number of nitrogens with zero attached hydrogens (tertiary/aromatic N) is 1. The molecule has 0 spiro atoms. The molecule has 3 amide bonds. The highest BCUT2D eigenvalue weighted by molar-refractivity contribution is 5.96. The molecule has 0 radical (unpaired) electrons. The van der Waals surface area contributed by atoms with Crippen molar-refractivity contribution < 1.29 is 33.0 Å². The molecule has 9 nitrogen and oxygen atoms in total. The molecule has 1 aliphatic carbocycles. The minimum Gasteiger partial charge on any atom is -0.496 e. The molecule has 0 unspecified atom stereocenters. The minimum absolute atomic E-state index is 0.0290. The molecule has 2 fully saturated rings. The van der Waals surface area contributed by atoms with Crippen LogP contribution in [-0.4, -0.2) is 61.6 Å². The number of methoxy groups -OCH3 is 1. The van der Waals surface area contributed by atoms with Crippen molar-refractivity contribution in [2.24, 2.45) is 5.92 Å². The molecular formula is C33H34FN3O6. The van der Waals surface area contributed by atoms with Crippen LogP contribution in [0.2, 0.25) is 0 Å². The van der Waals surface area contributed by atoms with Gasteiger partial charge in [-0.15, -0.1) is 0 Å². The number of carbonyl (C=O) groups is 3. The summed E-state index contributed by atoms with van der Waals surface area (Å²) in [7, 11) is 1.56. The lowest BCUT2D eigenvalue weighted by Gasteiger charge is -2.41. The van der Waals surface area contributed by atoms with Gasteiger partial charge in [-0.2, -0.15) is 0 Å². The summed E-state index contributed by atoms with van der Waals surface area (Å²) in [4.78, 5) is 41.2. The third-order valence-electron chi connectivity index (χ3n) is 8.32. The van der Waals surface area contributed by atoms with E-state index in [-0.39, 0.29) is 49.1 Å². The maximum Gasteiger partial charge on any atom is 0.258 e. The smallest absolute Gasteiger partial charge is 0.258 e. The number of hydrogen-bond acceptors (Lipinski definition) is 6. The van der Waals surface area contributed by atoms with Gasteiger partial charge in [-0.05, 0) is 66.4 Å². The molecule has 2 N–H and O–H groups in total. The maximum atomic E-state index is 14.6. The molecule has 1 saturated heterocycles. The van der Waals surface area contributed by atoms with Gasteiger partial charge in [-0.1, -0.05) is 18.6 Å². The number of nitrogens with one attached hydrogen (secondary N) is 2. The van der Waals surface area contributed by atoms with Gasteiger partial charge in [0, 0.05) is 49.2 Å². The van der Waals surface area contributed by atoms with E-state index in [9.17, 15) is 18.8 Å². The zero-order valence-corrected chi connectivity index (χ0v) is 23.9. The fraction of sp³-hybridized carbons (Fsp3) is 0.364. The molecule has 2 atom stereocenters. The summed E-state index contributed by atoms with van der Waals surface area (Å²) in [5, 5.41) is 5.86. The van der Waals surface area contributed by atoms with Crippen LogP contribution in [0.4, 0.5) is 4.39 Å². The van der Waals surface area contributed by atoms with Crippen LogP contribution in [0.5, 0.6) is 17.2 Å². The van der Waals surface area contributed by atoms with Crippen molar-refractivity contribution >= 4 is 17.7 Å². The Bertz CT molecular complexity index is 1540. The van der Waals surface area contributed by atoms with Crippen molar-refractivity contribution in [2.75, 3.05) is 26.8 Å². The van der Waals surface area contributed by atoms with Crippen molar-refractivity contribution in [1.82, 2.24) is 15.5 Å². The number of piperidine rings is 1. The molecule has 1 saturated carbocycles. The molecule has 3 aromatic carbocycles. The summed E-state index contributed by atoms with van der Waals surface area (Å²) < 4.78 is 32.2. The van der Waals surface area contributed by atoms with Crippen molar-refractivity contribution in [3.8, 4) is 28.4 Å². The molecule has 6 bridgehead atoms. The van der Waals surface area contributed by atoms with E-state index >= 15 is 0 Å². The highest BCUT2D eigenvalue weighted by atomic mass is 19.1. The Balaban J connectivity index is 1.36. The van der Waals surface area contributed by atoms with Crippen LogP contribution in [0.15, 0.2) is 60.7 Å². The Morgan fingerprint density at radius 2 is 1.86 bits per heavy atom. The van der Waals surface area contributed by atoms with Crippen LogP contribution in [0, 0.1) is 11.7 Å². The van der Waals surface area contributed by atoms with Crippen LogP contribution in [0.25, 0.3) is 11.1 Å². The van der Waals surface area contributed by atoms with Gasteiger partial charge in [0.05, 0.1) is 13.2 Å². The summed E-state index contributed by atoms with van der Waals surface area (Å²) in [6, 6.07) is 16.1. The van der Waals surface area contributed by atoms with Crippen molar-refractivity contribution in [3.05, 3.63) is 77.6 Å². The van der Waals surface area contributed by atoms with Gasteiger partial charge in [-0.25, -0.2) is 4.39 Å². The number of amides is 3. The number of halogens is 1. The van der Waals surface area contributed by atoms with Gasteiger partial charge >= 0.3 is 0 Å². The highest BCUT2D eigenvalue weighted by Crippen LogP contribution is 2.34. The normalized spacial score (nSPS) is 20.8. The molecule has 3 aliphatic rings. The van der Waals surface area contributed by atoms with E-state index in [0.717, 1.165) is 24.8 Å². The van der Waals surface area contributed by atoms with Crippen molar-refractivity contribution in [1.29, 1.82) is 0 Å². The van der Waals surface area contributed by atoms with E-state index in [2.05, 4.69) is 10.6 Å². The van der Waals surface area contributed by atoms with Crippen molar-refractivity contribution in [3.63, 3.8) is 0 Å². The Hall–Kier alpha value is -4.60. The SMILES string of the molecule is COc1ccc2cc1-c1cccc(c1)OCC(=O)NCc1cc(F)cc(c1)O[C@@H]1CCN(C(=O)C3CCC3)C[C@H]1NC2=O.